The first-order chi connectivity index (χ1) is 21.3. The number of carbonyl (C=O) groups is 5. The predicted octanol–water partition coefficient (Wildman–Crippen LogP) is 1.42. The molecule has 0 saturated heterocycles. The van der Waals surface area contributed by atoms with Gasteiger partial charge in [-0.15, -0.1) is 0 Å². The Morgan fingerprint density at radius 3 is 2.27 bits per heavy atom. The molecule has 8 N–H and O–H groups in total. The van der Waals surface area contributed by atoms with Crippen LogP contribution in [0.2, 0.25) is 0 Å². The molecule has 0 aliphatic heterocycles. The van der Waals surface area contributed by atoms with Crippen molar-refractivity contribution in [1.82, 2.24) is 10.6 Å². The number of hydrogen-bond acceptors (Lipinski definition) is 8. The number of guanidine groups is 1. The van der Waals surface area contributed by atoms with Gasteiger partial charge in [0.1, 0.15) is 5.78 Å². The van der Waals surface area contributed by atoms with Crippen molar-refractivity contribution in [2.75, 3.05) is 18.5 Å². The van der Waals surface area contributed by atoms with Crippen LogP contribution < -0.4 is 27.4 Å². The normalized spacial score (nSPS) is 18.2. The number of aliphatic imine (C=N–C) groups is 1. The molecule has 4 unspecified atom stereocenters. The van der Waals surface area contributed by atoms with Crippen molar-refractivity contribution in [2.45, 2.75) is 103 Å². The van der Waals surface area contributed by atoms with Gasteiger partial charge < -0.3 is 37.3 Å². The van der Waals surface area contributed by atoms with E-state index in [1.165, 1.54) is 13.8 Å². The molecule has 1 aromatic carbocycles. The fraction of sp³-hybridized carbons (Fsp3) is 0.562. The van der Waals surface area contributed by atoms with E-state index in [9.17, 15) is 29.1 Å². The number of carbonyl (C=O) groups excluding carboxylic acids is 5. The number of nitrogens with one attached hydrogen (secondary N) is 3. The fourth-order valence-electron chi connectivity index (χ4n) is 4.96. The van der Waals surface area contributed by atoms with Gasteiger partial charge in [-0.3, -0.25) is 24.0 Å². The van der Waals surface area contributed by atoms with E-state index >= 15 is 0 Å². The third kappa shape index (κ3) is 15.0. The standard InChI is InChI=1S/C32H48N6O7/c1-20(39)17-26(42)14-11-23-9-12-25(13-10-23)37-30(44)8-5-4-7-29(43)35-15-6-16-45-28-19-24(21(2)40)18-27(38-32(33)34)31(28)36-22(3)41/h9-10,12-13,19-20,27-28,31,39H,4-8,11,14-18H2,1-3H3,(H,35,43)(H,36,41)(H,37,44)(H4,33,34,38). The Morgan fingerprint density at radius 1 is 1.00 bits per heavy atom. The van der Waals surface area contributed by atoms with E-state index in [0.717, 1.165) is 5.56 Å². The van der Waals surface area contributed by atoms with Gasteiger partial charge >= 0.3 is 0 Å². The predicted molar refractivity (Wildman–Crippen MR) is 171 cm³/mol. The molecule has 0 saturated carbocycles. The minimum Gasteiger partial charge on any atom is -0.393 e. The van der Waals surface area contributed by atoms with Gasteiger partial charge in [0.2, 0.25) is 17.7 Å². The molecule has 1 aromatic rings. The van der Waals surface area contributed by atoms with E-state index < -0.39 is 24.3 Å². The molecule has 4 atom stereocenters. The number of ketones is 2. The minimum atomic E-state index is -0.635. The number of rotatable bonds is 19. The highest BCUT2D eigenvalue weighted by atomic mass is 16.5. The summed E-state index contributed by atoms with van der Waals surface area (Å²) in [4.78, 5) is 64.3. The average molecular weight is 629 g/mol. The number of ether oxygens (including phenoxy) is 1. The lowest BCUT2D eigenvalue weighted by atomic mass is 9.86. The van der Waals surface area contributed by atoms with Crippen LogP contribution in [-0.4, -0.2) is 77.8 Å². The summed E-state index contributed by atoms with van der Waals surface area (Å²) in [7, 11) is 0. The summed E-state index contributed by atoms with van der Waals surface area (Å²) in [5.74, 6) is -0.811. The summed E-state index contributed by atoms with van der Waals surface area (Å²) >= 11 is 0. The number of Topliss-reactive ketones (excluding diaryl/α,β-unsaturated/α-hetero) is 2. The van der Waals surface area contributed by atoms with Gasteiger partial charge in [-0.2, -0.15) is 0 Å². The Balaban J connectivity index is 1.66. The first kappa shape index (κ1) is 37.1. The number of aliphatic hydroxyl groups is 1. The highest BCUT2D eigenvalue weighted by Gasteiger charge is 2.35. The topological polar surface area (TPSA) is 215 Å². The summed E-state index contributed by atoms with van der Waals surface area (Å²) in [6, 6.07) is 6.20. The molecule has 0 radical (unpaired) electrons. The number of benzene rings is 1. The van der Waals surface area contributed by atoms with Crippen molar-refractivity contribution in [2.24, 2.45) is 16.5 Å². The van der Waals surface area contributed by atoms with Gasteiger partial charge in [0.05, 0.1) is 24.3 Å². The van der Waals surface area contributed by atoms with E-state index in [-0.39, 0.29) is 67.5 Å². The van der Waals surface area contributed by atoms with Crippen LogP contribution in [-0.2, 0) is 35.1 Å². The molecular weight excluding hydrogens is 580 g/mol. The molecule has 0 heterocycles. The number of hydrogen-bond donors (Lipinski definition) is 6. The second-order valence-corrected chi connectivity index (χ2v) is 11.4. The number of nitrogens with zero attached hydrogens (tertiary/aromatic N) is 1. The van der Waals surface area contributed by atoms with Crippen LogP contribution in [0.1, 0.15) is 77.7 Å². The Morgan fingerprint density at radius 2 is 1.67 bits per heavy atom. The molecule has 0 bridgehead atoms. The molecule has 0 spiro atoms. The van der Waals surface area contributed by atoms with E-state index in [1.807, 2.05) is 12.1 Å². The number of unbranched alkanes of at least 4 members (excludes halogenated alkanes) is 1. The first-order valence-electron chi connectivity index (χ1n) is 15.4. The summed E-state index contributed by atoms with van der Waals surface area (Å²) < 4.78 is 5.97. The monoisotopic (exact) mass is 628 g/mol. The van der Waals surface area contributed by atoms with E-state index in [1.54, 1.807) is 25.1 Å². The quantitative estimate of drug-likeness (QED) is 0.0741. The zero-order chi connectivity index (χ0) is 33.4. The maximum absolute atomic E-state index is 12.3. The molecule has 1 aliphatic carbocycles. The van der Waals surface area contributed by atoms with Crippen LogP contribution in [0.25, 0.3) is 0 Å². The van der Waals surface area contributed by atoms with Crippen LogP contribution in [0.5, 0.6) is 0 Å². The van der Waals surface area contributed by atoms with Crippen molar-refractivity contribution in [3.8, 4) is 0 Å². The Hall–Kier alpha value is -4.10. The second kappa shape index (κ2) is 19.3. The lowest BCUT2D eigenvalue weighted by molar-refractivity contribution is -0.122. The number of nitrogens with two attached hydrogens (primary N) is 2. The molecule has 13 nitrogen and oxygen atoms in total. The Labute approximate surface area is 264 Å². The lowest BCUT2D eigenvalue weighted by Gasteiger charge is -2.35. The highest BCUT2D eigenvalue weighted by Crippen LogP contribution is 2.25. The van der Waals surface area contributed by atoms with Crippen LogP contribution in [0, 0.1) is 0 Å². The SMILES string of the molecule is CC(=O)NC1C(N=C(N)N)CC(C(C)=O)=CC1OCCCNC(=O)CCCCC(=O)Nc1ccc(CCC(=O)CC(C)O)cc1. The number of aliphatic hydroxyl groups excluding tert-OH is 1. The summed E-state index contributed by atoms with van der Waals surface area (Å²) in [5, 5.41) is 17.8. The second-order valence-electron chi connectivity index (χ2n) is 11.4. The van der Waals surface area contributed by atoms with Crippen molar-refractivity contribution in [1.29, 1.82) is 0 Å². The summed E-state index contributed by atoms with van der Waals surface area (Å²) in [6.45, 7) is 5.06. The largest absolute Gasteiger partial charge is 0.393 e. The highest BCUT2D eigenvalue weighted by molar-refractivity contribution is 5.94. The summed E-state index contributed by atoms with van der Waals surface area (Å²) in [6.07, 6.45) is 3.99. The van der Waals surface area contributed by atoms with E-state index in [0.29, 0.717) is 49.9 Å². The van der Waals surface area contributed by atoms with Crippen molar-refractivity contribution in [3.05, 3.63) is 41.5 Å². The Bertz CT molecular complexity index is 1220. The van der Waals surface area contributed by atoms with Crippen LogP contribution >= 0.6 is 0 Å². The molecule has 248 valence electrons. The summed E-state index contributed by atoms with van der Waals surface area (Å²) in [5.41, 5.74) is 13.3. The molecule has 13 heteroatoms. The molecule has 3 amide bonds. The minimum absolute atomic E-state index is 0.0139. The third-order valence-electron chi connectivity index (χ3n) is 7.16. The van der Waals surface area contributed by atoms with Crippen LogP contribution in [0.15, 0.2) is 40.9 Å². The van der Waals surface area contributed by atoms with Crippen molar-refractivity contribution >= 4 is 40.9 Å². The Kier molecular flexibility index (Phi) is 15.9. The molecule has 1 aliphatic rings. The maximum atomic E-state index is 12.3. The first-order valence-corrected chi connectivity index (χ1v) is 15.4. The zero-order valence-electron chi connectivity index (χ0n) is 26.5. The van der Waals surface area contributed by atoms with Crippen molar-refractivity contribution < 1.29 is 33.8 Å². The van der Waals surface area contributed by atoms with Crippen LogP contribution in [0.3, 0.4) is 0 Å². The molecule has 45 heavy (non-hydrogen) atoms. The molecule has 2 rings (SSSR count). The molecular formula is C32H48N6O7. The van der Waals surface area contributed by atoms with Crippen molar-refractivity contribution in [3.63, 3.8) is 0 Å². The maximum Gasteiger partial charge on any atom is 0.224 e. The van der Waals surface area contributed by atoms with Gasteiger partial charge in [-0.25, -0.2) is 4.99 Å². The number of amides is 3. The van der Waals surface area contributed by atoms with Gasteiger partial charge in [-0.05, 0) is 68.9 Å². The fourth-order valence-corrected chi connectivity index (χ4v) is 4.96. The zero-order valence-corrected chi connectivity index (χ0v) is 26.5. The lowest BCUT2D eigenvalue weighted by Crippen LogP contribution is -2.53. The van der Waals surface area contributed by atoms with Gasteiger partial charge in [0.15, 0.2) is 11.7 Å². The van der Waals surface area contributed by atoms with Crippen LogP contribution in [0.4, 0.5) is 5.69 Å². The van der Waals surface area contributed by atoms with Gasteiger partial charge in [0.25, 0.3) is 0 Å². The van der Waals surface area contributed by atoms with E-state index in [2.05, 4.69) is 20.9 Å². The third-order valence-corrected chi connectivity index (χ3v) is 7.16. The smallest absolute Gasteiger partial charge is 0.224 e. The molecule has 0 fully saturated rings. The average Bonchev–Trinajstić information content (AvgIpc) is 2.95. The number of anilines is 1. The van der Waals surface area contributed by atoms with Gasteiger partial charge in [-0.1, -0.05) is 12.1 Å². The van der Waals surface area contributed by atoms with E-state index in [4.69, 9.17) is 16.2 Å². The number of aryl methyl sites for hydroxylation is 1. The van der Waals surface area contributed by atoms with Gasteiger partial charge in [0, 0.05) is 57.9 Å². The molecule has 0 aromatic heterocycles.